The van der Waals surface area contributed by atoms with Gasteiger partial charge in [-0.15, -0.1) is 20.4 Å². The molecule has 127 heavy (non-hydrogen) atoms. The molecule has 23 nitrogen and oxygen atoms in total. The van der Waals surface area contributed by atoms with Crippen LogP contribution in [0.4, 0.5) is 52.7 Å². The molecule has 10 aromatic rings. The van der Waals surface area contributed by atoms with Gasteiger partial charge >= 0.3 is 48.6 Å². The minimum Gasteiger partial charge on any atom is -0.493 e. The highest BCUT2D eigenvalue weighted by Gasteiger charge is 2.39. The Labute approximate surface area is 734 Å². The van der Waals surface area contributed by atoms with Crippen LogP contribution in [-0.4, -0.2) is 106 Å². The van der Waals surface area contributed by atoms with Crippen molar-refractivity contribution in [2.45, 2.75) is 210 Å². The number of alkyl halides is 12. The first-order valence-electron chi connectivity index (χ1n) is 41.1. The van der Waals surface area contributed by atoms with Gasteiger partial charge in [-0.2, -0.15) is 52.7 Å². The van der Waals surface area contributed by atoms with Crippen molar-refractivity contribution in [3.05, 3.63) is 219 Å². The zero-order valence-corrected chi connectivity index (χ0v) is 71.7. The average molecular weight is 1820 g/mol. The van der Waals surface area contributed by atoms with Crippen LogP contribution in [0.15, 0.2) is 164 Å². The fraction of sp³-hybridized carbons (Fsp3) is 0.411. The number of unbranched alkanes of at least 4 members (excludes halogenated alkanes) is 12. The predicted octanol–water partition coefficient (Wildman–Crippen LogP) is 21.7. The van der Waals surface area contributed by atoms with E-state index in [9.17, 15) is 71.9 Å². The molecular weight excluding hydrogens is 1720 g/mol. The summed E-state index contributed by atoms with van der Waals surface area (Å²) < 4.78 is 185. The molecule has 0 aliphatic carbocycles. The topological polar surface area (TPSA) is 380 Å². The molecule has 0 aliphatic rings. The molecule has 4 atom stereocenters. The first kappa shape index (κ1) is 103. The van der Waals surface area contributed by atoms with Crippen molar-refractivity contribution in [1.82, 2.24) is 35.3 Å². The molecule has 2 unspecified atom stereocenters. The highest BCUT2D eigenvalue weighted by molar-refractivity contribution is 7.15. The number of aromatic nitrogens is 7. The molecule has 37 heteroatoms. The zero-order chi connectivity index (χ0) is 92.9. The van der Waals surface area contributed by atoms with Crippen LogP contribution in [0.2, 0.25) is 0 Å². The first-order chi connectivity index (χ1) is 60.2. The highest BCUT2D eigenvalue weighted by atomic mass is 32.1. The molecule has 0 saturated carbocycles. The van der Waals surface area contributed by atoms with Crippen LogP contribution < -0.4 is 41.9 Å². The molecule has 0 fully saturated rings. The molecular formula is C90H103F12N11O12S2. The van der Waals surface area contributed by atoms with E-state index in [0.717, 1.165) is 130 Å². The summed E-state index contributed by atoms with van der Waals surface area (Å²) in [6.07, 6.45) is 1.09. The molecule has 4 heterocycles. The van der Waals surface area contributed by atoms with Crippen LogP contribution in [-0.2, 0) is 62.3 Å². The summed E-state index contributed by atoms with van der Waals surface area (Å²) in [6.45, 7) is 6.55. The fourth-order valence-corrected chi connectivity index (χ4v) is 14.3. The van der Waals surface area contributed by atoms with Crippen molar-refractivity contribution < 1.29 is 111 Å². The van der Waals surface area contributed by atoms with Crippen LogP contribution >= 0.6 is 22.7 Å². The third-order valence-electron chi connectivity index (χ3n) is 19.3. The largest absolute Gasteiger partial charge is 0.493 e. The maximum Gasteiger partial charge on any atom is 0.419 e. The van der Waals surface area contributed by atoms with Gasteiger partial charge in [0.1, 0.15) is 48.9 Å². The second-order valence-electron chi connectivity index (χ2n) is 29.9. The molecule has 0 radical (unpaired) electrons. The fourth-order valence-electron chi connectivity index (χ4n) is 12.6. The second kappa shape index (κ2) is 50.3. The Morgan fingerprint density at radius 2 is 0.724 bits per heavy atom. The van der Waals surface area contributed by atoms with Gasteiger partial charge in [0.25, 0.3) is 0 Å². The number of nitrogens with two attached hydrogens (primary N) is 4. The van der Waals surface area contributed by atoms with Gasteiger partial charge in [-0.25, -0.2) is 9.97 Å². The van der Waals surface area contributed by atoms with Gasteiger partial charge in [-0.3, -0.25) is 24.2 Å². The Morgan fingerprint density at radius 3 is 1.12 bits per heavy atom. The standard InChI is InChI=1S/C23H24F3N3O3S.C23H29F3N2O3.C22H22F3N3O3S.C22H28F3N3O3/c1-22(27,14-19(30)31)21-29-28-20(33-21)16-10-11-18(17(13-16)23(24,25)26)32-12-6-5-9-15-7-3-2-4-8-15;1-2-3-4-5-6-7-12-31-21-11-9-16(13-18(21)23(24,25)26)17-8-10-20(28-15-17)19(27)14-22(29)30;23-22(24,25)16-12-15(20-27-28-21(32-20)17(26)13-19(29)30)9-10-18(16)31-11-5-4-8-14-6-2-1-3-7-14;1-2-3-4-5-6-7-10-31-19-9-8-15(11-17(19)22(23,24)25)16-13-27-21(28-14-16)18(26)12-20(29)30/h2-4,7-8,10-11,13H,5-6,9,12,14,27H2,1H3,(H,30,31);8-11,13,15,19H,2-7,12,14,27H2,1H3,(H,29,30);1-3,6-7,9-10,12,17H,4-5,8,11,13,26H2,(H,29,30);8-9,11,13-14,18H,2-7,10,12,26H2,1H3,(H,29,30)/t22-;;17-;/m0.0./s1. The maximum atomic E-state index is 13.7. The van der Waals surface area contributed by atoms with Crippen molar-refractivity contribution in [3.63, 3.8) is 0 Å². The molecule has 0 amide bonds. The summed E-state index contributed by atoms with van der Waals surface area (Å²) in [5, 5.41) is 51.8. The number of hydrogen-bond donors (Lipinski definition) is 8. The number of aryl methyl sites for hydroxylation is 2. The molecule has 0 saturated heterocycles. The predicted molar refractivity (Wildman–Crippen MR) is 457 cm³/mol. The van der Waals surface area contributed by atoms with Gasteiger partial charge in [0.2, 0.25) is 0 Å². The smallest absolute Gasteiger partial charge is 0.419 e. The quantitative estimate of drug-likeness (QED) is 0.0130. The number of nitrogens with zero attached hydrogens (tertiary/aromatic N) is 7. The molecule has 0 aliphatic heterocycles. The van der Waals surface area contributed by atoms with E-state index in [0.29, 0.717) is 48.1 Å². The first-order valence-corrected chi connectivity index (χ1v) is 42.7. The number of hydrogen-bond acceptors (Lipinski definition) is 21. The van der Waals surface area contributed by atoms with Crippen LogP contribution in [0.3, 0.4) is 0 Å². The van der Waals surface area contributed by atoms with Crippen LogP contribution in [0.25, 0.3) is 43.4 Å². The van der Waals surface area contributed by atoms with E-state index in [-0.39, 0.29) is 118 Å². The van der Waals surface area contributed by atoms with Crippen molar-refractivity contribution in [3.8, 4) is 66.4 Å². The van der Waals surface area contributed by atoms with Crippen molar-refractivity contribution in [2.75, 3.05) is 26.4 Å². The third-order valence-corrected chi connectivity index (χ3v) is 21.6. The lowest BCUT2D eigenvalue weighted by molar-refractivity contribution is -0.139. The van der Waals surface area contributed by atoms with E-state index in [4.69, 9.17) is 62.3 Å². The lowest BCUT2D eigenvalue weighted by Crippen LogP contribution is -2.35. The van der Waals surface area contributed by atoms with Crippen molar-refractivity contribution >= 4 is 46.6 Å². The number of ether oxygens (including phenoxy) is 4. The Hall–Kier alpha value is -11.3. The zero-order valence-electron chi connectivity index (χ0n) is 70.1. The minimum absolute atomic E-state index is 0.112. The summed E-state index contributed by atoms with van der Waals surface area (Å²) in [7, 11) is 0. The minimum atomic E-state index is -4.62. The molecule has 6 aromatic carbocycles. The van der Waals surface area contributed by atoms with E-state index in [1.807, 2.05) is 60.7 Å². The Balaban J connectivity index is 0.000000232. The van der Waals surface area contributed by atoms with E-state index in [1.165, 1.54) is 91.6 Å². The number of carbonyl (C=O) groups is 4. The number of rotatable bonds is 44. The molecule has 4 aromatic heterocycles. The molecule has 12 N–H and O–H groups in total. The molecule has 0 bridgehead atoms. The molecule has 686 valence electrons. The lowest BCUT2D eigenvalue weighted by atomic mass is 10.0. The lowest BCUT2D eigenvalue weighted by Gasteiger charge is -2.18. The summed E-state index contributed by atoms with van der Waals surface area (Å²) >= 11 is 1.93. The number of halogens is 12. The van der Waals surface area contributed by atoms with Gasteiger partial charge in [-0.1, -0.05) is 180 Å². The normalized spacial score (nSPS) is 12.8. The maximum absolute atomic E-state index is 13.7. The van der Waals surface area contributed by atoms with Crippen LogP contribution in [0.5, 0.6) is 23.0 Å². The number of benzene rings is 6. The monoisotopic (exact) mass is 1820 g/mol. The number of carboxylic acids is 4. The average Bonchev–Trinajstić information content (AvgIpc) is 1.45. The van der Waals surface area contributed by atoms with Crippen LogP contribution in [0, 0.1) is 0 Å². The SMILES string of the molecule is CCCCCCCCOc1ccc(-c2ccc(C(N)CC(=O)O)nc2)cc1C(F)(F)F.CCCCCCCCOc1ccc(-c2cnc(C(N)CC(=O)O)nc2)cc1C(F)(F)F.C[C@](N)(CC(=O)O)c1nnc(-c2ccc(OCCCCc3ccccc3)c(C(F)(F)F)c2)s1.N[C@@H](CC(=O)O)c1nnc(-c2ccc(OCCCCc3ccccc3)c(C(F)(F)F)c2)s1. The summed E-state index contributed by atoms with van der Waals surface area (Å²) in [4.78, 5) is 55.4. The summed E-state index contributed by atoms with van der Waals surface area (Å²) in [5.74, 6) is -5.11. The van der Waals surface area contributed by atoms with Crippen molar-refractivity contribution in [2.24, 2.45) is 22.9 Å². The number of carboxylic acid groups (broad SMARTS) is 4. The summed E-state index contributed by atoms with van der Waals surface area (Å²) in [6, 6.07) is 35.4. The number of aliphatic carboxylic acids is 4. The summed E-state index contributed by atoms with van der Waals surface area (Å²) in [5.41, 5.74) is 23.0. The Bertz CT molecular complexity index is 4910. The van der Waals surface area contributed by atoms with E-state index in [2.05, 4.69) is 49.2 Å². The Kier molecular flexibility index (Phi) is 40.8. The van der Waals surface area contributed by atoms with E-state index < -0.39 is 94.5 Å². The second-order valence-corrected chi connectivity index (χ2v) is 31.9. The van der Waals surface area contributed by atoms with Gasteiger partial charge < -0.3 is 62.3 Å². The molecule has 0 spiro atoms. The van der Waals surface area contributed by atoms with E-state index in [1.54, 1.807) is 12.1 Å². The van der Waals surface area contributed by atoms with E-state index >= 15 is 0 Å². The van der Waals surface area contributed by atoms with Gasteiger partial charge in [0, 0.05) is 40.8 Å². The van der Waals surface area contributed by atoms with Crippen LogP contribution in [0.1, 0.15) is 222 Å². The number of pyridine rings is 1. The van der Waals surface area contributed by atoms with Gasteiger partial charge in [0.15, 0.2) is 0 Å². The third kappa shape index (κ3) is 35.1. The highest BCUT2D eigenvalue weighted by Crippen LogP contribution is 2.45. The molecule has 10 rings (SSSR count). The van der Waals surface area contributed by atoms with Gasteiger partial charge in [-0.05, 0) is 147 Å². The Morgan fingerprint density at radius 1 is 0.378 bits per heavy atom. The van der Waals surface area contributed by atoms with Gasteiger partial charge in [0.05, 0.1) is 104 Å². The van der Waals surface area contributed by atoms with Crippen molar-refractivity contribution in [1.29, 1.82) is 0 Å².